The van der Waals surface area contributed by atoms with Crippen molar-refractivity contribution in [2.45, 2.75) is 12.5 Å². The fourth-order valence-electron chi connectivity index (χ4n) is 5.02. The first kappa shape index (κ1) is 24.1. The molecule has 190 valence electrons. The molecule has 0 saturated carbocycles. The third kappa shape index (κ3) is 4.29. The summed E-state index contributed by atoms with van der Waals surface area (Å²) in [6, 6.07) is 9.90. The number of nitrogens with zero attached hydrogens (tertiary/aromatic N) is 2. The van der Waals surface area contributed by atoms with E-state index in [1.165, 1.54) is 0 Å². The summed E-state index contributed by atoms with van der Waals surface area (Å²) in [6.07, 6.45) is 0.755. The van der Waals surface area contributed by atoms with Crippen molar-refractivity contribution < 1.29 is 28.2 Å². The maximum Gasteiger partial charge on any atom is 0.290 e. The van der Waals surface area contributed by atoms with Crippen LogP contribution in [-0.4, -0.2) is 76.4 Å². The number of fused-ring (bicyclic) bond motifs is 2. The van der Waals surface area contributed by atoms with E-state index in [1.54, 1.807) is 50.5 Å². The first-order chi connectivity index (χ1) is 17.5. The minimum Gasteiger partial charge on any atom is -0.497 e. The van der Waals surface area contributed by atoms with Crippen LogP contribution in [0.1, 0.15) is 34.1 Å². The molecule has 5 rings (SSSR count). The van der Waals surface area contributed by atoms with Gasteiger partial charge >= 0.3 is 0 Å². The number of carbonyl (C=O) groups is 1. The highest BCUT2D eigenvalue weighted by Crippen LogP contribution is 2.41. The molecule has 9 nitrogen and oxygen atoms in total. The highest BCUT2D eigenvalue weighted by atomic mass is 16.5. The van der Waals surface area contributed by atoms with Gasteiger partial charge in [-0.1, -0.05) is 6.07 Å². The largest absolute Gasteiger partial charge is 0.497 e. The first-order valence-corrected chi connectivity index (χ1v) is 12.0. The van der Waals surface area contributed by atoms with Crippen molar-refractivity contribution in [2.75, 3.05) is 60.7 Å². The number of hydrogen-bond donors (Lipinski definition) is 0. The van der Waals surface area contributed by atoms with Crippen LogP contribution in [0.4, 0.5) is 0 Å². The number of benzene rings is 2. The Hall–Kier alpha value is -3.56. The molecule has 0 N–H and O–H groups in total. The van der Waals surface area contributed by atoms with Gasteiger partial charge in [-0.05, 0) is 36.2 Å². The van der Waals surface area contributed by atoms with Crippen molar-refractivity contribution in [3.63, 3.8) is 0 Å². The minimum absolute atomic E-state index is 0.0758. The van der Waals surface area contributed by atoms with Gasteiger partial charge in [0.05, 0.1) is 51.5 Å². The Morgan fingerprint density at radius 2 is 1.69 bits per heavy atom. The van der Waals surface area contributed by atoms with E-state index in [2.05, 4.69) is 4.90 Å². The van der Waals surface area contributed by atoms with Crippen LogP contribution in [0.3, 0.4) is 0 Å². The van der Waals surface area contributed by atoms with Crippen molar-refractivity contribution in [1.82, 2.24) is 9.80 Å². The molecular weight excluding hydrogens is 464 g/mol. The zero-order valence-corrected chi connectivity index (χ0v) is 20.7. The molecule has 36 heavy (non-hydrogen) atoms. The molecule has 1 aromatic heterocycles. The van der Waals surface area contributed by atoms with Crippen molar-refractivity contribution in [3.8, 4) is 17.2 Å². The second-order valence-electron chi connectivity index (χ2n) is 8.86. The summed E-state index contributed by atoms with van der Waals surface area (Å²) in [5, 5.41) is 0.406. The normalized spacial score (nSPS) is 17.9. The van der Waals surface area contributed by atoms with Crippen LogP contribution in [0.25, 0.3) is 11.0 Å². The Morgan fingerprint density at radius 1 is 0.917 bits per heavy atom. The van der Waals surface area contributed by atoms with E-state index in [0.29, 0.717) is 40.3 Å². The lowest BCUT2D eigenvalue weighted by Crippen LogP contribution is -2.38. The Kier molecular flexibility index (Phi) is 6.84. The van der Waals surface area contributed by atoms with Crippen LogP contribution < -0.4 is 19.6 Å². The zero-order valence-electron chi connectivity index (χ0n) is 20.7. The summed E-state index contributed by atoms with van der Waals surface area (Å²) in [7, 11) is 4.67. The average Bonchev–Trinajstić information content (AvgIpc) is 3.20. The molecule has 1 fully saturated rings. The molecule has 1 unspecified atom stereocenters. The highest BCUT2D eigenvalue weighted by molar-refractivity contribution is 5.99. The molecular formula is C27H30N2O7. The van der Waals surface area contributed by atoms with Gasteiger partial charge in [-0.15, -0.1) is 0 Å². The van der Waals surface area contributed by atoms with Gasteiger partial charge in [-0.2, -0.15) is 0 Å². The summed E-state index contributed by atoms with van der Waals surface area (Å²) in [5.41, 5.74) is 1.20. The fourth-order valence-corrected chi connectivity index (χ4v) is 5.02. The SMILES string of the molecule is COc1ccc2c(=O)c3c(oc2c1)C(=O)N(CCCN1CCOCC1)C3c1ccc(OC)c(OC)c1. The molecule has 2 aliphatic heterocycles. The van der Waals surface area contributed by atoms with Crippen LogP contribution in [0.5, 0.6) is 17.2 Å². The third-order valence-corrected chi connectivity index (χ3v) is 6.88. The maximum atomic E-state index is 13.7. The van der Waals surface area contributed by atoms with E-state index in [1.807, 2.05) is 12.1 Å². The van der Waals surface area contributed by atoms with Crippen LogP contribution in [0.2, 0.25) is 0 Å². The van der Waals surface area contributed by atoms with Gasteiger partial charge in [-0.25, -0.2) is 0 Å². The standard InChI is InChI=1S/C27H30N2O7/c1-32-18-6-7-19-21(16-18)36-26-23(25(19)30)24(17-5-8-20(33-2)22(15-17)34-3)29(27(26)31)10-4-9-28-11-13-35-14-12-28/h5-8,15-16,24H,4,9-14H2,1-3H3. The predicted octanol–water partition coefficient (Wildman–Crippen LogP) is 3.09. The smallest absolute Gasteiger partial charge is 0.290 e. The van der Waals surface area contributed by atoms with E-state index in [-0.39, 0.29) is 17.1 Å². The van der Waals surface area contributed by atoms with Gasteiger partial charge in [0.2, 0.25) is 5.76 Å². The predicted molar refractivity (Wildman–Crippen MR) is 133 cm³/mol. The van der Waals surface area contributed by atoms with Gasteiger partial charge in [0, 0.05) is 32.2 Å². The number of ether oxygens (including phenoxy) is 4. The summed E-state index contributed by atoms with van der Waals surface area (Å²) in [5.74, 6) is 1.43. The molecule has 3 aromatic rings. The van der Waals surface area contributed by atoms with E-state index in [9.17, 15) is 9.59 Å². The molecule has 1 saturated heterocycles. The van der Waals surface area contributed by atoms with Gasteiger partial charge in [-0.3, -0.25) is 14.5 Å². The van der Waals surface area contributed by atoms with Crippen molar-refractivity contribution in [2.24, 2.45) is 0 Å². The van der Waals surface area contributed by atoms with Crippen LogP contribution in [-0.2, 0) is 4.74 Å². The van der Waals surface area contributed by atoms with Gasteiger partial charge in [0.1, 0.15) is 11.3 Å². The third-order valence-electron chi connectivity index (χ3n) is 6.88. The van der Waals surface area contributed by atoms with Crippen LogP contribution >= 0.6 is 0 Å². The zero-order chi connectivity index (χ0) is 25.2. The second kappa shape index (κ2) is 10.2. The minimum atomic E-state index is -0.597. The lowest BCUT2D eigenvalue weighted by Gasteiger charge is -2.29. The number of morpholine rings is 1. The van der Waals surface area contributed by atoms with Crippen LogP contribution in [0.15, 0.2) is 45.6 Å². The monoisotopic (exact) mass is 494 g/mol. The topological polar surface area (TPSA) is 90.7 Å². The molecule has 3 heterocycles. The first-order valence-electron chi connectivity index (χ1n) is 12.0. The molecule has 0 spiro atoms. The maximum absolute atomic E-state index is 13.7. The average molecular weight is 495 g/mol. The highest BCUT2D eigenvalue weighted by Gasteiger charge is 2.42. The van der Waals surface area contributed by atoms with Gasteiger partial charge in [0.15, 0.2) is 16.9 Å². The number of methoxy groups -OCH3 is 3. The number of rotatable bonds is 8. The Balaban J connectivity index is 1.57. The van der Waals surface area contributed by atoms with Crippen molar-refractivity contribution >= 4 is 16.9 Å². The summed E-state index contributed by atoms with van der Waals surface area (Å²) >= 11 is 0. The quantitative estimate of drug-likeness (QED) is 0.472. The second-order valence-corrected chi connectivity index (χ2v) is 8.86. The number of hydrogen-bond acceptors (Lipinski definition) is 8. The summed E-state index contributed by atoms with van der Waals surface area (Å²) < 4.78 is 27.7. The lowest BCUT2D eigenvalue weighted by atomic mass is 9.98. The number of carbonyl (C=O) groups excluding carboxylic acids is 1. The Labute approximate surface area is 209 Å². The van der Waals surface area contributed by atoms with E-state index in [4.69, 9.17) is 23.4 Å². The van der Waals surface area contributed by atoms with Crippen LogP contribution in [0, 0.1) is 0 Å². The Morgan fingerprint density at radius 3 is 2.42 bits per heavy atom. The molecule has 2 aliphatic rings. The Bertz CT molecular complexity index is 1330. The molecule has 0 bridgehead atoms. The fraction of sp³-hybridized carbons (Fsp3) is 0.407. The molecule has 9 heteroatoms. The molecule has 0 radical (unpaired) electrons. The molecule has 2 aromatic carbocycles. The summed E-state index contributed by atoms with van der Waals surface area (Å²) in [6.45, 7) is 4.50. The van der Waals surface area contributed by atoms with E-state index >= 15 is 0 Å². The number of amides is 1. The molecule has 0 aliphatic carbocycles. The summed E-state index contributed by atoms with van der Waals surface area (Å²) in [4.78, 5) is 31.5. The van der Waals surface area contributed by atoms with Crippen molar-refractivity contribution in [3.05, 3.63) is 63.5 Å². The van der Waals surface area contributed by atoms with E-state index < -0.39 is 6.04 Å². The van der Waals surface area contributed by atoms with Gasteiger partial charge in [0.25, 0.3) is 5.91 Å². The van der Waals surface area contributed by atoms with Gasteiger partial charge < -0.3 is 28.3 Å². The van der Waals surface area contributed by atoms with E-state index in [0.717, 1.165) is 44.8 Å². The molecule has 1 amide bonds. The molecule has 1 atom stereocenters. The van der Waals surface area contributed by atoms with Crippen molar-refractivity contribution in [1.29, 1.82) is 0 Å². The lowest BCUT2D eigenvalue weighted by molar-refractivity contribution is 0.0353.